The van der Waals surface area contributed by atoms with Gasteiger partial charge in [0.1, 0.15) is 43.2 Å². The van der Waals surface area contributed by atoms with Gasteiger partial charge in [0.05, 0.1) is 12.7 Å². The van der Waals surface area contributed by atoms with Crippen LogP contribution in [0.5, 0.6) is 0 Å². The monoisotopic (exact) mass is 875 g/mol. The number of phosphoric ester groups is 1. The van der Waals surface area contributed by atoms with Crippen molar-refractivity contribution in [3.8, 4) is 0 Å². The first-order valence-corrected chi connectivity index (χ1v) is 24.0. The van der Waals surface area contributed by atoms with E-state index in [1.54, 1.807) is 6.08 Å². The highest BCUT2D eigenvalue weighted by atomic mass is 31.2. The number of aliphatic hydroxyl groups is 6. The van der Waals surface area contributed by atoms with Crippen LogP contribution >= 0.6 is 7.82 Å². The highest BCUT2D eigenvalue weighted by molar-refractivity contribution is 7.47. The Morgan fingerprint density at radius 2 is 1.10 bits per heavy atom. The number of unbranched alkanes of at least 4 members (excludes halogenated alkanes) is 15. The maximum Gasteiger partial charge on any atom is 0.472 e. The number of hydrogen-bond acceptors (Lipinski definition) is 13. The van der Waals surface area contributed by atoms with Gasteiger partial charge in [0.15, 0.2) is 6.10 Å². The molecular weight excluding hydrogens is 795 g/mol. The lowest BCUT2D eigenvalue weighted by molar-refractivity contribution is -0.220. The number of carbonyl (C=O) groups is 2. The fraction of sp³-hybridized carbons (Fsp3) is 0.778. The van der Waals surface area contributed by atoms with Crippen LogP contribution in [0, 0.1) is 0 Å². The summed E-state index contributed by atoms with van der Waals surface area (Å²) in [5, 5.41) is 60.0. The Labute approximate surface area is 359 Å². The van der Waals surface area contributed by atoms with Crippen molar-refractivity contribution in [3.63, 3.8) is 0 Å². The highest BCUT2D eigenvalue weighted by Crippen LogP contribution is 2.47. The Balaban J connectivity index is 2.54. The van der Waals surface area contributed by atoms with Gasteiger partial charge < -0.3 is 45.0 Å². The van der Waals surface area contributed by atoms with E-state index in [0.29, 0.717) is 25.7 Å². The molecule has 1 fully saturated rings. The van der Waals surface area contributed by atoms with Crippen LogP contribution in [0.1, 0.15) is 162 Å². The van der Waals surface area contributed by atoms with Crippen molar-refractivity contribution in [1.29, 1.82) is 0 Å². The average Bonchev–Trinajstić information content (AvgIpc) is 3.22. The minimum absolute atomic E-state index is 0.00104. The molecule has 7 N–H and O–H groups in total. The van der Waals surface area contributed by atoms with Gasteiger partial charge in [0.25, 0.3) is 0 Å². The molecule has 0 heterocycles. The van der Waals surface area contributed by atoms with E-state index in [-0.39, 0.29) is 12.8 Å². The third-order valence-corrected chi connectivity index (χ3v) is 11.3. The zero-order valence-electron chi connectivity index (χ0n) is 36.4. The van der Waals surface area contributed by atoms with Crippen LogP contribution in [-0.4, -0.2) is 110 Å². The molecule has 1 aliphatic rings. The lowest BCUT2D eigenvalue weighted by Crippen LogP contribution is -2.64. The molecule has 0 radical (unpaired) electrons. The highest BCUT2D eigenvalue weighted by Gasteiger charge is 2.51. The molecule has 15 heteroatoms. The zero-order chi connectivity index (χ0) is 44.4. The lowest BCUT2D eigenvalue weighted by Gasteiger charge is -2.41. The average molecular weight is 875 g/mol. The zero-order valence-corrected chi connectivity index (χ0v) is 37.2. The predicted molar refractivity (Wildman–Crippen MR) is 232 cm³/mol. The normalized spacial score (nSPS) is 23.1. The van der Waals surface area contributed by atoms with E-state index >= 15 is 0 Å². The summed E-state index contributed by atoms with van der Waals surface area (Å²) in [5.41, 5.74) is 0. The maximum absolute atomic E-state index is 12.8. The molecule has 0 spiro atoms. The molecule has 0 saturated heterocycles. The number of hydrogen-bond donors (Lipinski definition) is 7. The molecule has 14 nitrogen and oxygen atoms in total. The molecule has 348 valence electrons. The van der Waals surface area contributed by atoms with Gasteiger partial charge in [-0.2, -0.15) is 0 Å². The SMILES string of the molecule is CCCCCCCCCCCCCCCC(=O)OCC(COP(=O)(O)OC1C(O)C(O)C(O)C(O)C1O)OC(=O)CCC/C=C\C/C=C\C/C=C\C=C\C(O)CCCCC. The van der Waals surface area contributed by atoms with Gasteiger partial charge in [-0.25, -0.2) is 4.57 Å². The van der Waals surface area contributed by atoms with Crippen molar-refractivity contribution in [2.45, 2.75) is 210 Å². The van der Waals surface area contributed by atoms with E-state index in [2.05, 4.69) is 13.8 Å². The van der Waals surface area contributed by atoms with Gasteiger partial charge in [-0.05, 0) is 38.5 Å². The Kier molecular flexibility index (Phi) is 32.8. The third kappa shape index (κ3) is 27.7. The van der Waals surface area contributed by atoms with E-state index in [4.69, 9.17) is 18.5 Å². The van der Waals surface area contributed by atoms with Crippen LogP contribution in [0.4, 0.5) is 0 Å². The van der Waals surface area contributed by atoms with Gasteiger partial charge in [-0.3, -0.25) is 18.6 Å². The quantitative estimate of drug-likeness (QED) is 0.0107. The van der Waals surface area contributed by atoms with Crippen molar-refractivity contribution in [2.75, 3.05) is 13.2 Å². The molecule has 0 aromatic heterocycles. The van der Waals surface area contributed by atoms with Crippen LogP contribution in [0.3, 0.4) is 0 Å². The fourth-order valence-electron chi connectivity index (χ4n) is 6.57. The summed E-state index contributed by atoms with van der Waals surface area (Å²) in [6.45, 7) is 3.11. The first-order chi connectivity index (χ1) is 28.8. The molecule has 0 bridgehead atoms. The Morgan fingerprint density at radius 3 is 1.70 bits per heavy atom. The van der Waals surface area contributed by atoms with E-state index in [1.165, 1.54) is 57.8 Å². The second-order valence-corrected chi connectivity index (χ2v) is 17.2. The maximum atomic E-state index is 12.8. The summed E-state index contributed by atoms with van der Waals surface area (Å²) in [6, 6.07) is 0. The van der Waals surface area contributed by atoms with Crippen LogP contribution < -0.4 is 0 Å². The summed E-state index contributed by atoms with van der Waals surface area (Å²) < 4.78 is 33.4. The third-order valence-electron chi connectivity index (χ3n) is 10.3. The summed E-state index contributed by atoms with van der Waals surface area (Å²) in [7, 11) is -5.14. The van der Waals surface area contributed by atoms with Crippen molar-refractivity contribution in [1.82, 2.24) is 0 Å². The molecule has 0 aromatic rings. The lowest BCUT2D eigenvalue weighted by atomic mass is 9.85. The number of ether oxygens (including phenoxy) is 2. The van der Waals surface area contributed by atoms with Gasteiger partial charge in [0, 0.05) is 12.8 Å². The number of rotatable bonds is 36. The summed E-state index contributed by atoms with van der Waals surface area (Å²) >= 11 is 0. The molecule has 1 saturated carbocycles. The Hall–Kier alpha value is -2.23. The van der Waals surface area contributed by atoms with Crippen LogP contribution in [0.2, 0.25) is 0 Å². The van der Waals surface area contributed by atoms with E-state index in [0.717, 1.165) is 51.4 Å². The summed E-state index contributed by atoms with van der Waals surface area (Å²) in [4.78, 5) is 35.6. The van der Waals surface area contributed by atoms with Crippen molar-refractivity contribution < 1.29 is 68.2 Å². The molecular formula is C45H79O14P. The molecule has 7 unspecified atom stereocenters. The summed E-state index contributed by atoms with van der Waals surface area (Å²) in [5.74, 6) is -1.19. The van der Waals surface area contributed by atoms with Crippen molar-refractivity contribution in [2.24, 2.45) is 0 Å². The molecule has 1 rings (SSSR count). The number of allylic oxidation sites excluding steroid dienone is 7. The molecule has 60 heavy (non-hydrogen) atoms. The van der Waals surface area contributed by atoms with Crippen LogP contribution in [0.15, 0.2) is 48.6 Å². The smallest absolute Gasteiger partial charge is 0.462 e. The largest absolute Gasteiger partial charge is 0.472 e. The van der Waals surface area contributed by atoms with Crippen LogP contribution in [0.25, 0.3) is 0 Å². The molecule has 0 aliphatic heterocycles. The Bertz CT molecular complexity index is 1260. The second kappa shape index (κ2) is 35.3. The van der Waals surface area contributed by atoms with E-state index in [9.17, 15) is 49.7 Å². The molecule has 0 amide bonds. The van der Waals surface area contributed by atoms with Crippen molar-refractivity contribution >= 4 is 19.8 Å². The van der Waals surface area contributed by atoms with Gasteiger partial charge in [-0.1, -0.05) is 159 Å². The van der Waals surface area contributed by atoms with Crippen LogP contribution in [-0.2, 0) is 32.7 Å². The number of aliphatic hydroxyl groups excluding tert-OH is 6. The van der Waals surface area contributed by atoms with E-state index < -0.39 is 81.8 Å². The topological polar surface area (TPSA) is 230 Å². The first kappa shape index (κ1) is 55.8. The fourth-order valence-corrected chi connectivity index (χ4v) is 7.54. The molecule has 0 aromatic carbocycles. The van der Waals surface area contributed by atoms with Gasteiger partial charge in [0.2, 0.25) is 0 Å². The van der Waals surface area contributed by atoms with Gasteiger partial charge >= 0.3 is 19.8 Å². The first-order valence-electron chi connectivity index (χ1n) is 22.5. The Morgan fingerprint density at radius 1 is 0.600 bits per heavy atom. The standard InChI is InChI=1S/C45H79O14P/c1-3-5-7-8-9-10-11-12-15-18-21-24-28-32-38(47)56-34-37(35-57-60(54,55)59-45-43(52)41(50)40(49)42(51)44(45)53)58-39(48)33-29-25-22-19-16-13-14-17-20-23-27-31-36(46)30-26-6-4-2/h13-14,19-20,22-23,27,31,36-37,40-46,49-53H,3-12,15-18,21,24-26,28-30,32-35H2,1-2H3,(H,54,55)/b14-13-,22-19-,23-20-,31-27+. The minimum atomic E-state index is -5.14. The molecule has 1 aliphatic carbocycles. The van der Waals surface area contributed by atoms with Crippen molar-refractivity contribution in [3.05, 3.63) is 48.6 Å². The molecule has 7 atom stereocenters. The summed E-state index contributed by atoms with van der Waals surface area (Å²) in [6.07, 6.45) is 23.5. The number of carbonyl (C=O) groups excluding carboxylic acids is 2. The van der Waals surface area contributed by atoms with E-state index in [1.807, 2.05) is 42.5 Å². The van der Waals surface area contributed by atoms with Gasteiger partial charge in [-0.15, -0.1) is 0 Å². The second-order valence-electron chi connectivity index (χ2n) is 15.8. The number of phosphoric acid groups is 1. The minimum Gasteiger partial charge on any atom is -0.462 e. The predicted octanol–water partition coefficient (Wildman–Crippen LogP) is 7.36. The number of esters is 2.